The summed E-state index contributed by atoms with van der Waals surface area (Å²) in [6, 6.07) is 8.71. The molecule has 0 spiro atoms. The van der Waals surface area contributed by atoms with Crippen LogP contribution in [-0.2, 0) is 16.1 Å². The number of aromatic hydroxyl groups is 1. The largest absolute Gasteiger partial charge is 0.504 e. The summed E-state index contributed by atoms with van der Waals surface area (Å²) in [6.07, 6.45) is 2.46. The number of likely N-dealkylation sites (tertiary alicyclic amines) is 1. The first-order valence-electron chi connectivity index (χ1n) is 19.4. The molecule has 2 atom stereocenters. The number of hydrogen-bond donors (Lipinski definition) is 3. The van der Waals surface area contributed by atoms with Crippen LogP contribution in [0.2, 0.25) is 0 Å². The van der Waals surface area contributed by atoms with E-state index in [2.05, 4.69) is 41.6 Å². The highest BCUT2D eigenvalue weighted by Crippen LogP contribution is 2.38. The lowest BCUT2D eigenvalue weighted by molar-refractivity contribution is -0.136. The molecule has 6 aliphatic heterocycles. The molecule has 0 bridgehead atoms. The maximum atomic E-state index is 14.1. The predicted octanol–water partition coefficient (Wildman–Crippen LogP) is 2.46. The van der Waals surface area contributed by atoms with Gasteiger partial charge in [0, 0.05) is 108 Å². The molecule has 2 aromatic carbocycles. The summed E-state index contributed by atoms with van der Waals surface area (Å²) in [5, 5.41) is 24.2. The average molecular weight is 771 g/mol. The topological polar surface area (TPSA) is 158 Å². The van der Waals surface area contributed by atoms with E-state index in [1.54, 1.807) is 11.0 Å². The van der Waals surface area contributed by atoms with Gasteiger partial charge in [-0.15, -0.1) is 10.2 Å². The van der Waals surface area contributed by atoms with Crippen LogP contribution < -0.4 is 20.4 Å². The first-order valence-corrected chi connectivity index (χ1v) is 19.4. The summed E-state index contributed by atoms with van der Waals surface area (Å²) in [6.45, 7) is 8.43. The van der Waals surface area contributed by atoms with Gasteiger partial charge in [0.2, 0.25) is 11.8 Å². The number of aromatic nitrogens is 2. The fraction of sp³-hybridized carbons (Fsp3) is 0.487. The lowest BCUT2D eigenvalue weighted by atomic mass is 9.96. The molecular weight excluding hydrogens is 726 g/mol. The number of nitrogens with one attached hydrogen (secondary N) is 2. The maximum Gasteiger partial charge on any atom is 0.320 e. The van der Waals surface area contributed by atoms with Gasteiger partial charge in [0.05, 0.1) is 17.4 Å². The molecule has 1 unspecified atom stereocenters. The molecule has 6 aliphatic rings. The normalized spacial score (nSPS) is 23.1. The van der Waals surface area contributed by atoms with E-state index in [-0.39, 0.29) is 41.6 Å². The lowest BCUT2D eigenvalue weighted by Gasteiger charge is -2.47. The molecule has 56 heavy (non-hydrogen) atoms. The van der Waals surface area contributed by atoms with Crippen molar-refractivity contribution in [3.05, 3.63) is 59.2 Å². The highest BCUT2D eigenvalue weighted by atomic mass is 19.1. The van der Waals surface area contributed by atoms with Crippen molar-refractivity contribution in [2.45, 2.75) is 44.3 Å². The van der Waals surface area contributed by atoms with Crippen molar-refractivity contribution in [3.8, 4) is 17.0 Å². The van der Waals surface area contributed by atoms with Crippen molar-refractivity contribution in [2.24, 2.45) is 5.92 Å². The van der Waals surface area contributed by atoms with Gasteiger partial charge in [-0.1, -0.05) is 6.07 Å². The number of fused-ring (bicyclic) bond motifs is 4. The number of hydrogen-bond acceptors (Lipinski definition) is 11. The Morgan fingerprint density at radius 1 is 0.857 bits per heavy atom. The van der Waals surface area contributed by atoms with Crippen molar-refractivity contribution >= 4 is 40.9 Å². The Balaban J connectivity index is 0.743. The van der Waals surface area contributed by atoms with E-state index >= 15 is 0 Å². The van der Waals surface area contributed by atoms with Gasteiger partial charge in [-0.3, -0.25) is 24.6 Å². The first kappa shape index (κ1) is 36.1. The number of phenols is 1. The van der Waals surface area contributed by atoms with Gasteiger partial charge < -0.3 is 34.9 Å². The number of phenolic OH excluding ortho intramolecular Hbond substituents is 1. The Bertz CT molecular complexity index is 2090. The Kier molecular flexibility index (Phi) is 9.34. The standard InChI is InChI=1S/C39H44F2N10O5/c40-25-15-29(35(53)30(41)16-25)31-18-33-36(45-44-31)42-19-27-22-49(13-14-50(27)33)39(56)48-7-5-23(6-8-48)20-46-9-11-47(12-10-46)26-2-1-24-21-51(38(55)28(24)17-26)32-3-4-34(52)43-37(32)54/h1-2,15-18,23,27,32,53H,3-14,19-22H2,(H,42,45)(H,43,52,54)/t27-,32?/m0/s1. The minimum Gasteiger partial charge on any atom is -0.504 e. The van der Waals surface area contributed by atoms with Gasteiger partial charge in [0.1, 0.15) is 11.9 Å². The van der Waals surface area contributed by atoms with Crippen LogP contribution in [0, 0.1) is 17.6 Å². The third-order valence-corrected chi connectivity index (χ3v) is 12.3. The van der Waals surface area contributed by atoms with Gasteiger partial charge in [0.15, 0.2) is 17.4 Å². The highest BCUT2D eigenvalue weighted by molar-refractivity contribution is 6.05. The average Bonchev–Trinajstić information content (AvgIpc) is 3.53. The molecule has 294 valence electrons. The van der Waals surface area contributed by atoms with Crippen molar-refractivity contribution in [1.82, 2.24) is 35.1 Å². The van der Waals surface area contributed by atoms with Crippen LogP contribution in [0.5, 0.6) is 5.75 Å². The SMILES string of the molecule is O=C1CCC(N2Cc3ccc(N4CCN(CC5CCN(C(=O)N6CCN7c8cc(-c9cc(F)cc(F)c9O)nnc8NC[C@H]7C6)CC5)CC4)cc3C2=O)C(=O)N1. The second kappa shape index (κ2) is 14.5. The number of carbonyl (C=O) groups excluding carboxylic acids is 4. The van der Waals surface area contributed by atoms with Crippen LogP contribution in [0.1, 0.15) is 41.6 Å². The van der Waals surface area contributed by atoms with E-state index in [9.17, 15) is 33.1 Å². The van der Waals surface area contributed by atoms with E-state index in [1.807, 2.05) is 21.9 Å². The van der Waals surface area contributed by atoms with E-state index in [0.29, 0.717) is 81.3 Å². The fourth-order valence-electron chi connectivity index (χ4n) is 9.15. The van der Waals surface area contributed by atoms with Crippen LogP contribution in [0.4, 0.5) is 30.8 Å². The molecule has 0 radical (unpaired) electrons. The number of carbonyl (C=O) groups is 4. The molecule has 9 rings (SSSR count). The molecule has 3 aromatic rings. The number of nitrogens with zero attached hydrogens (tertiary/aromatic N) is 8. The molecule has 4 saturated heterocycles. The van der Waals surface area contributed by atoms with Crippen LogP contribution in [0.3, 0.4) is 0 Å². The second-order valence-electron chi connectivity index (χ2n) is 15.7. The summed E-state index contributed by atoms with van der Waals surface area (Å²) in [7, 11) is 0. The van der Waals surface area contributed by atoms with Gasteiger partial charge >= 0.3 is 6.03 Å². The summed E-state index contributed by atoms with van der Waals surface area (Å²) < 4.78 is 28.1. The number of imide groups is 1. The third-order valence-electron chi connectivity index (χ3n) is 12.3. The highest BCUT2D eigenvalue weighted by Gasteiger charge is 2.40. The molecule has 15 nitrogen and oxygen atoms in total. The summed E-state index contributed by atoms with van der Waals surface area (Å²) in [5.41, 5.74) is 3.33. The minimum absolute atomic E-state index is 0.0314. The quantitative estimate of drug-likeness (QED) is 0.328. The van der Waals surface area contributed by atoms with Gasteiger partial charge in [-0.05, 0) is 55.0 Å². The van der Waals surface area contributed by atoms with E-state index in [1.165, 1.54) is 0 Å². The summed E-state index contributed by atoms with van der Waals surface area (Å²) in [4.78, 5) is 63.5. The molecule has 0 aliphatic carbocycles. The molecule has 4 fully saturated rings. The van der Waals surface area contributed by atoms with Crippen molar-refractivity contribution in [2.75, 3.05) is 87.1 Å². The number of piperazine rings is 2. The monoisotopic (exact) mass is 770 g/mol. The van der Waals surface area contributed by atoms with Crippen LogP contribution in [0.25, 0.3) is 11.3 Å². The van der Waals surface area contributed by atoms with Crippen molar-refractivity contribution in [1.29, 1.82) is 0 Å². The maximum absolute atomic E-state index is 14.1. The molecule has 0 saturated carbocycles. The summed E-state index contributed by atoms with van der Waals surface area (Å²) >= 11 is 0. The lowest BCUT2D eigenvalue weighted by Crippen LogP contribution is -2.61. The fourth-order valence-corrected chi connectivity index (χ4v) is 9.15. The van der Waals surface area contributed by atoms with E-state index in [4.69, 9.17) is 0 Å². The van der Waals surface area contributed by atoms with Crippen LogP contribution >= 0.6 is 0 Å². The molecule has 3 N–H and O–H groups in total. The molecule has 1 aromatic heterocycles. The molecule has 5 amide bonds. The zero-order valence-electron chi connectivity index (χ0n) is 30.9. The Labute approximate surface area is 322 Å². The van der Waals surface area contributed by atoms with Gasteiger partial charge in [-0.2, -0.15) is 0 Å². The van der Waals surface area contributed by atoms with E-state index < -0.39 is 29.3 Å². The number of piperidine rings is 2. The number of halogens is 2. The molecular formula is C39H44F2N10O5. The molecule has 17 heteroatoms. The van der Waals surface area contributed by atoms with Crippen LogP contribution in [-0.4, -0.2) is 143 Å². The number of amides is 5. The van der Waals surface area contributed by atoms with Crippen molar-refractivity contribution < 1.29 is 33.1 Å². The first-order chi connectivity index (χ1) is 27.1. The smallest absolute Gasteiger partial charge is 0.320 e. The number of rotatable bonds is 5. The second-order valence-corrected chi connectivity index (χ2v) is 15.7. The predicted molar refractivity (Wildman–Crippen MR) is 201 cm³/mol. The van der Waals surface area contributed by atoms with Crippen molar-refractivity contribution in [3.63, 3.8) is 0 Å². The van der Waals surface area contributed by atoms with E-state index in [0.717, 1.165) is 62.9 Å². The number of anilines is 3. The molecule has 7 heterocycles. The number of urea groups is 1. The Morgan fingerprint density at radius 3 is 2.45 bits per heavy atom. The minimum atomic E-state index is -1.07. The van der Waals surface area contributed by atoms with Gasteiger partial charge in [-0.25, -0.2) is 13.6 Å². The Morgan fingerprint density at radius 2 is 1.66 bits per heavy atom. The van der Waals surface area contributed by atoms with Gasteiger partial charge in [0.25, 0.3) is 5.91 Å². The zero-order chi connectivity index (χ0) is 38.7. The van der Waals surface area contributed by atoms with Crippen LogP contribution in [0.15, 0.2) is 36.4 Å². The number of benzene rings is 2. The summed E-state index contributed by atoms with van der Waals surface area (Å²) in [5.74, 6) is -2.39. The Hall–Kier alpha value is -5.58. The third kappa shape index (κ3) is 6.71. The zero-order valence-corrected chi connectivity index (χ0v) is 30.9.